The van der Waals surface area contributed by atoms with Gasteiger partial charge in [-0.05, 0) is 42.5 Å². The lowest BCUT2D eigenvalue weighted by Crippen LogP contribution is -2.28. The predicted molar refractivity (Wildman–Crippen MR) is 78.1 cm³/mol. The number of alkyl halides is 5. The molecule has 2 aromatic carbocycles. The number of ketones is 1. The lowest BCUT2D eigenvalue weighted by molar-refractivity contribution is -0.286. The van der Waals surface area contributed by atoms with Gasteiger partial charge in [0.1, 0.15) is 5.75 Å². The van der Waals surface area contributed by atoms with E-state index in [9.17, 15) is 35.2 Å². The van der Waals surface area contributed by atoms with Crippen LogP contribution in [0.4, 0.5) is 22.0 Å². The molecular formula is C15H7F5O6S. The standard InChI is InChI=1S/C15H7F5O6S/c16-14(17,18)27(22,23)26-10-4-1-8(2-5-10)13(21)9-3-6-11-12(7-9)25-15(19,20)24-11/h1-7H. The monoisotopic (exact) mass is 410 g/mol. The summed E-state index contributed by atoms with van der Waals surface area (Å²) in [5.41, 5.74) is -5.72. The average Bonchev–Trinajstić information content (AvgIpc) is 2.86. The molecule has 27 heavy (non-hydrogen) atoms. The van der Waals surface area contributed by atoms with Gasteiger partial charge in [-0.3, -0.25) is 4.79 Å². The highest BCUT2D eigenvalue weighted by Crippen LogP contribution is 2.41. The fraction of sp³-hybridized carbons (Fsp3) is 0.133. The molecule has 0 spiro atoms. The minimum absolute atomic E-state index is 0.0580. The van der Waals surface area contributed by atoms with E-state index in [1.807, 2.05) is 0 Å². The molecule has 0 amide bonds. The summed E-state index contributed by atoms with van der Waals surface area (Å²) in [4.78, 5) is 12.3. The Morgan fingerprint density at radius 1 is 0.926 bits per heavy atom. The van der Waals surface area contributed by atoms with Crippen LogP contribution in [0.5, 0.6) is 17.2 Å². The highest BCUT2D eigenvalue weighted by molar-refractivity contribution is 7.88. The molecule has 0 aliphatic carbocycles. The summed E-state index contributed by atoms with van der Waals surface area (Å²) in [5.74, 6) is -1.96. The van der Waals surface area contributed by atoms with Crippen molar-refractivity contribution in [3.05, 3.63) is 53.6 Å². The smallest absolute Gasteiger partial charge is 0.395 e. The molecule has 3 rings (SSSR count). The molecule has 2 aromatic rings. The van der Waals surface area contributed by atoms with E-state index in [-0.39, 0.29) is 22.6 Å². The lowest BCUT2D eigenvalue weighted by Gasteiger charge is -2.09. The molecule has 1 aliphatic rings. The highest BCUT2D eigenvalue weighted by atomic mass is 32.2. The molecule has 0 saturated carbocycles. The Labute approximate surface area is 148 Å². The van der Waals surface area contributed by atoms with Crippen LogP contribution in [0.25, 0.3) is 0 Å². The van der Waals surface area contributed by atoms with Crippen molar-refractivity contribution < 1.29 is 48.8 Å². The minimum atomic E-state index is -5.84. The van der Waals surface area contributed by atoms with Crippen LogP contribution in [-0.4, -0.2) is 26.0 Å². The third-order valence-electron chi connectivity index (χ3n) is 3.27. The number of hydrogen-bond donors (Lipinski definition) is 0. The first kappa shape index (κ1) is 18.9. The maximum atomic E-state index is 13.0. The van der Waals surface area contributed by atoms with Gasteiger partial charge in [-0.1, -0.05) is 0 Å². The summed E-state index contributed by atoms with van der Waals surface area (Å²) in [6.07, 6.45) is -3.85. The number of ether oxygens (including phenoxy) is 2. The highest BCUT2D eigenvalue weighted by Gasteiger charge is 2.48. The summed E-state index contributed by atoms with van der Waals surface area (Å²) >= 11 is 0. The van der Waals surface area contributed by atoms with Crippen LogP contribution in [0.3, 0.4) is 0 Å². The Bertz CT molecular complexity index is 998. The summed E-state index contributed by atoms with van der Waals surface area (Å²) in [5, 5.41) is 0. The second-order valence-electron chi connectivity index (χ2n) is 5.17. The molecule has 0 N–H and O–H groups in total. The van der Waals surface area contributed by atoms with E-state index in [1.165, 1.54) is 6.07 Å². The number of rotatable bonds is 4. The zero-order chi connectivity index (χ0) is 20.0. The van der Waals surface area contributed by atoms with E-state index >= 15 is 0 Å². The summed E-state index contributed by atoms with van der Waals surface area (Å²) < 4.78 is 96.9. The molecule has 0 saturated heterocycles. The largest absolute Gasteiger partial charge is 0.586 e. The number of carbonyl (C=O) groups excluding carboxylic acids is 1. The number of halogens is 5. The number of fused-ring (bicyclic) bond motifs is 1. The molecule has 0 atom stereocenters. The molecular weight excluding hydrogens is 403 g/mol. The fourth-order valence-electron chi connectivity index (χ4n) is 2.09. The van der Waals surface area contributed by atoms with Crippen LogP contribution in [0.2, 0.25) is 0 Å². The van der Waals surface area contributed by atoms with Crippen molar-refractivity contribution in [3.8, 4) is 17.2 Å². The Balaban J connectivity index is 1.80. The summed E-state index contributed by atoms with van der Waals surface area (Å²) in [6.45, 7) is 0. The minimum Gasteiger partial charge on any atom is -0.395 e. The third kappa shape index (κ3) is 3.79. The van der Waals surface area contributed by atoms with Crippen LogP contribution in [0, 0.1) is 0 Å². The van der Waals surface area contributed by atoms with E-state index in [1.54, 1.807) is 0 Å². The Hall–Kier alpha value is -2.89. The van der Waals surface area contributed by atoms with E-state index in [2.05, 4.69) is 13.7 Å². The first-order chi connectivity index (χ1) is 12.4. The molecule has 12 heteroatoms. The van der Waals surface area contributed by atoms with Gasteiger partial charge in [-0.15, -0.1) is 8.78 Å². The number of hydrogen-bond acceptors (Lipinski definition) is 6. The Kier molecular flexibility index (Phi) is 4.25. The second-order valence-corrected chi connectivity index (χ2v) is 6.70. The molecule has 144 valence electrons. The van der Waals surface area contributed by atoms with Gasteiger partial charge in [0.2, 0.25) is 0 Å². The molecule has 0 bridgehead atoms. The van der Waals surface area contributed by atoms with E-state index < -0.39 is 33.5 Å². The first-order valence-electron chi connectivity index (χ1n) is 6.93. The second kappa shape index (κ2) is 6.08. The van der Waals surface area contributed by atoms with Gasteiger partial charge in [0.05, 0.1) is 0 Å². The average molecular weight is 410 g/mol. The van der Waals surface area contributed by atoms with Gasteiger partial charge in [0, 0.05) is 11.1 Å². The van der Waals surface area contributed by atoms with Gasteiger partial charge in [0.25, 0.3) is 0 Å². The van der Waals surface area contributed by atoms with Crippen LogP contribution in [0.15, 0.2) is 42.5 Å². The van der Waals surface area contributed by atoms with Crippen molar-refractivity contribution >= 4 is 15.9 Å². The summed E-state index contributed by atoms with van der Waals surface area (Å²) in [6, 6.07) is 7.01. The zero-order valence-electron chi connectivity index (χ0n) is 12.8. The molecule has 1 aliphatic heterocycles. The van der Waals surface area contributed by atoms with Crippen LogP contribution < -0.4 is 13.7 Å². The number of benzene rings is 2. The summed E-state index contributed by atoms with van der Waals surface area (Å²) in [7, 11) is -5.84. The van der Waals surface area contributed by atoms with E-state index in [4.69, 9.17) is 0 Å². The first-order valence-corrected chi connectivity index (χ1v) is 8.34. The Morgan fingerprint density at radius 3 is 2.07 bits per heavy atom. The van der Waals surface area contributed by atoms with Crippen molar-refractivity contribution in [2.24, 2.45) is 0 Å². The van der Waals surface area contributed by atoms with E-state index in [0.717, 1.165) is 36.4 Å². The topological polar surface area (TPSA) is 78.9 Å². The predicted octanol–water partition coefficient (Wildman–Crippen LogP) is 3.47. The maximum absolute atomic E-state index is 13.0. The van der Waals surface area contributed by atoms with Crippen molar-refractivity contribution in [2.45, 2.75) is 11.8 Å². The van der Waals surface area contributed by atoms with Crippen molar-refractivity contribution in [1.29, 1.82) is 0 Å². The van der Waals surface area contributed by atoms with Gasteiger partial charge in [-0.25, -0.2) is 0 Å². The van der Waals surface area contributed by atoms with Crippen molar-refractivity contribution in [3.63, 3.8) is 0 Å². The van der Waals surface area contributed by atoms with Crippen LogP contribution in [-0.2, 0) is 10.1 Å². The zero-order valence-corrected chi connectivity index (χ0v) is 13.6. The van der Waals surface area contributed by atoms with Crippen LogP contribution in [0.1, 0.15) is 15.9 Å². The quantitative estimate of drug-likeness (QED) is 0.333. The molecule has 0 radical (unpaired) electrons. The SMILES string of the molecule is O=C(c1ccc(OS(=O)(=O)C(F)(F)F)cc1)c1ccc2c(c1)OC(F)(F)O2. The van der Waals surface area contributed by atoms with Crippen molar-refractivity contribution in [2.75, 3.05) is 0 Å². The van der Waals surface area contributed by atoms with Crippen molar-refractivity contribution in [1.82, 2.24) is 0 Å². The number of carbonyl (C=O) groups is 1. The molecule has 0 unspecified atom stereocenters. The third-order valence-corrected chi connectivity index (χ3v) is 4.25. The molecule has 0 aromatic heterocycles. The van der Waals surface area contributed by atoms with E-state index in [0.29, 0.717) is 0 Å². The lowest BCUT2D eigenvalue weighted by atomic mass is 10.0. The fourth-order valence-corrected chi connectivity index (χ4v) is 2.55. The molecule has 6 nitrogen and oxygen atoms in total. The molecule has 1 heterocycles. The van der Waals surface area contributed by atoms with Gasteiger partial charge < -0.3 is 13.7 Å². The Morgan fingerprint density at radius 2 is 1.48 bits per heavy atom. The van der Waals surface area contributed by atoms with Gasteiger partial charge >= 0.3 is 21.9 Å². The van der Waals surface area contributed by atoms with Gasteiger partial charge in [-0.2, -0.15) is 21.6 Å². The molecule has 0 fully saturated rings. The maximum Gasteiger partial charge on any atom is 0.586 e. The van der Waals surface area contributed by atoms with Crippen LogP contribution >= 0.6 is 0 Å². The normalized spacial score (nSPS) is 15.4. The van der Waals surface area contributed by atoms with Gasteiger partial charge in [0.15, 0.2) is 17.3 Å².